The minimum absolute atomic E-state index is 0.266. The van der Waals surface area contributed by atoms with Gasteiger partial charge in [0, 0.05) is 25.7 Å². The molecule has 2 aliphatic rings. The van der Waals surface area contributed by atoms with Crippen LogP contribution in [0.1, 0.15) is 0 Å². The van der Waals surface area contributed by atoms with Crippen LogP contribution in [0.25, 0.3) is 0 Å². The van der Waals surface area contributed by atoms with Crippen LogP contribution in [0.3, 0.4) is 0 Å². The van der Waals surface area contributed by atoms with Crippen LogP contribution < -0.4 is 0 Å². The summed E-state index contributed by atoms with van der Waals surface area (Å²) in [4.78, 5) is 25.1. The van der Waals surface area contributed by atoms with E-state index in [1.165, 1.54) is 0 Å². The Morgan fingerprint density at radius 2 is 2.24 bits per heavy atom. The molecule has 2 fully saturated rings. The fourth-order valence-corrected chi connectivity index (χ4v) is 2.06. The molecule has 112 valence electrons. The highest BCUT2D eigenvalue weighted by Gasteiger charge is 2.32. The summed E-state index contributed by atoms with van der Waals surface area (Å²) in [5.74, 6) is -0.457. The monoisotopic (exact) mass is 292 g/mol. The number of carbonyl (C=O) groups is 2. The van der Waals surface area contributed by atoms with Crippen molar-refractivity contribution in [2.24, 2.45) is 5.10 Å². The van der Waals surface area contributed by atoms with E-state index in [0.29, 0.717) is 26.3 Å². The van der Waals surface area contributed by atoms with E-state index in [-0.39, 0.29) is 6.10 Å². The molecule has 8 heteroatoms. The molecular weight excluding hydrogens is 276 g/mol. The minimum Gasteiger partial charge on any atom is -0.441 e. The first-order valence-corrected chi connectivity index (χ1v) is 6.61. The maximum Gasteiger partial charge on any atom is 0.430 e. The Morgan fingerprint density at radius 3 is 2.95 bits per heavy atom. The highest BCUT2D eigenvalue weighted by Crippen LogP contribution is 2.13. The normalized spacial score (nSPS) is 23.7. The summed E-state index contributed by atoms with van der Waals surface area (Å²) in [6.07, 6.45) is 2.29. The molecule has 1 unspecified atom stereocenters. The lowest BCUT2D eigenvalue weighted by Crippen LogP contribution is -2.41. The number of hydrogen-bond acceptors (Lipinski definition) is 7. The first-order valence-electron chi connectivity index (χ1n) is 6.61. The van der Waals surface area contributed by atoms with Gasteiger partial charge < -0.3 is 9.47 Å². The van der Waals surface area contributed by atoms with Gasteiger partial charge in [0.1, 0.15) is 6.10 Å². The molecule has 0 bridgehead atoms. The quantitative estimate of drug-likeness (QED) is 0.395. The molecule has 21 heavy (non-hydrogen) atoms. The van der Waals surface area contributed by atoms with E-state index in [9.17, 15) is 9.59 Å². The van der Waals surface area contributed by atoms with E-state index in [4.69, 9.17) is 14.7 Å². The summed E-state index contributed by atoms with van der Waals surface area (Å²) in [5, 5.41) is 13.2. The number of cyclic esters (lactones) is 1. The second-order valence-corrected chi connectivity index (χ2v) is 4.61. The molecule has 2 saturated heterocycles. The smallest absolute Gasteiger partial charge is 0.430 e. The van der Waals surface area contributed by atoms with Crippen molar-refractivity contribution < 1.29 is 19.1 Å². The maximum absolute atomic E-state index is 11.6. The van der Waals surface area contributed by atoms with Gasteiger partial charge in [-0.2, -0.15) is 15.4 Å². The summed E-state index contributed by atoms with van der Waals surface area (Å²) in [6, 6.07) is 1.70. The standard InChI is InChI=1S/C13H16N4O4/c14-3-1-2-11(18)8-15-17-10-12(21-13(17)19)9-16-4-6-20-7-5-16/h1-2,8,12H,4-7,9-10H2. The van der Waals surface area contributed by atoms with Crippen LogP contribution >= 0.6 is 0 Å². The molecule has 0 spiro atoms. The summed E-state index contributed by atoms with van der Waals surface area (Å²) < 4.78 is 10.5. The van der Waals surface area contributed by atoms with Crippen LogP contribution in [0, 0.1) is 11.3 Å². The van der Waals surface area contributed by atoms with Gasteiger partial charge in [0.15, 0.2) is 5.78 Å². The van der Waals surface area contributed by atoms with Crippen molar-refractivity contribution in [1.82, 2.24) is 9.91 Å². The molecule has 1 amide bonds. The van der Waals surface area contributed by atoms with Gasteiger partial charge >= 0.3 is 6.09 Å². The van der Waals surface area contributed by atoms with E-state index < -0.39 is 11.9 Å². The topological polar surface area (TPSA) is 95.2 Å². The number of hydrazone groups is 1. The molecule has 0 N–H and O–H groups in total. The Kier molecular flexibility index (Phi) is 5.43. The van der Waals surface area contributed by atoms with Crippen LogP contribution in [-0.4, -0.2) is 73.5 Å². The highest BCUT2D eigenvalue weighted by molar-refractivity contribution is 6.32. The van der Waals surface area contributed by atoms with Crippen LogP contribution in [0.5, 0.6) is 0 Å². The SMILES string of the molecule is N#CC=CC(=O)C=NN1CC(CN2CCOCC2)OC1=O. The number of ether oxygens (including phenoxy) is 2. The van der Waals surface area contributed by atoms with Gasteiger partial charge in [-0.1, -0.05) is 0 Å². The second kappa shape index (κ2) is 7.52. The molecule has 2 heterocycles. The Balaban J connectivity index is 1.82. The first-order chi connectivity index (χ1) is 10.2. The predicted molar refractivity (Wildman–Crippen MR) is 72.5 cm³/mol. The van der Waals surface area contributed by atoms with Crippen molar-refractivity contribution >= 4 is 18.1 Å². The molecule has 0 aromatic carbocycles. The Bertz CT molecular complexity index is 491. The van der Waals surface area contributed by atoms with Crippen LogP contribution in [0.2, 0.25) is 0 Å². The van der Waals surface area contributed by atoms with Gasteiger partial charge in [0.2, 0.25) is 0 Å². The van der Waals surface area contributed by atoms with Crippen LogP contribution in [0.4, 0.5) is 4.79 Å². The van der Waals surface area contributed by atoms with Gasteiger partial charge in [-0.15, -0.1) is 0 Å². The number of hydrogen-bond donors (Lipinski definition) is 0. The van der Waals surface area contributed by atoms with E-state index in [1.807, 2.05) is 0 Å². The van der Waals surface area contributed by atoms with Crippen LogP contribution in [0.15, 0.2) is 17.3 Å². The number of allylic oxidation sites excluding steroid dienone is 2. The molecule has 0 aromatic rings. The fraction of sp³-hybridized carbons (Fsp3) is 0.538. The largest absolute Gasteiger partial charge is 0.441 e. The number of ketones is 1. The summed E-state index contributed by atoms with van der Waals surface area (Å²) in [6.45, 7) is 3.93. The lowest BCUT2D eigenvalue weighted by molar-refractivity contribution is -0.108. The predicted octanol–water partition coefficient (Wildman–Crippen LogP) is -0.226. The zero-order chi connectivity index (χ0) is 15.1. The van der Waals surface area contributed by atoms with Gasteiger partial charge in [-0.25, -0.2) is 4.79 Å². The molecule has 2 aliphatic heterocycles. The second-order valence-electron chi connectivity index (χ2n) is 4.61. The molecule has 0 aromatic heterocycles. The highest BCUT2D eigenvalue weighted by atomic mass is 16.6. The van der Waals surface area contributed by atoms with Crippen molar-refractivity contribution in [3.8, 4) is 6.07 Å². The lowest BCUT2D eigenvalue weighted by Gasteiger charge is -2.27. The van der Waals surface area contributed by atoms with E-state index in [0.717, 1.165) is 36.5 Å². The summed E-state index contributed by atoms with van der Waals surface area (Å²) in [7, 11) is 0. The molecule has 1 atom stereocenters. The number of rotatable bonds is 5. The number of morpholine rings is 1. The van der Waals surface area contributed by atoms with Crippen molar-refractivity contribution in [2.75, 3.05) is 39.4 Å². The van der Waals surface area contributed by atoms with Gasteiger partial charge in [-0.05, 0) is 6.08 Å². The third kappa shape index (κ3) is 4.66. The Labute approximate surface area is 122 Å². The van der Waals surface area contributed by atoms with Crippen molar-refractivity contribution in [3.05, 3.63) is 12.2 Å². The zero-order valence-electron chi connectivity index (χ0n) is 11.5. The van der Waals surface area contributed by atoms with Crippen molar-refractivity contribution in [3.63, 3.8) is 0 Å². The number of amides is 1. The molecular formula is C13H16N4O4. The molecule has 0 saturated carbocycles. The summed E-state index contributed by atoms with van der Waals surface area (Å²) in [5.41, 5.74) is 0. The van der Waals surface area contributed by atoms with Crippen LogP contribution in [-0.2, 0) is 14.3 Å². The van der Waals surface area contributed by atoms with Gasteiger partial charge in [0.25, 0.3) is 0 Å². The number of carbonyl (C=O) groups excluding carboxylic acids is 2. The zero-order valence-corrected chi connectivity index (χ0v) is 11.5. The summed E-state index contributed by atoms with van der Waals surface area (Å²) >= 11 is 0. The van der Waals surface area contributed by atoms with Crippen molar-refractivity contribution in [1.29, 1.82) is 5.26 Å². The average Bonchev–Trinajstić information content (AvgIpc) is 2.83. The average molecular weight is 292 g/mol. The maximum atomic E-state index is 11.6. The molecule has 0 aliphatic carbocycles. The molecule has 0 radical (unpaired) electrons. The fourth-order valence-electron chi connectivity index (χ4n) is 2.06. The lowest BCUT2D eigenvalue weighted by atomic mass is 10.3. The van der Waals surface area contributed by atoms with E-state index >= 15 is 0 Å². The van der Waals surface area contributed by atoms with Crippen molar-refractivity contribution in [2.45, 2.75) is 6.10 Å². The van der Waals surface area contributed by atoms with Gasteiger partial charge in [0.05, 0.1) is 32.0 Å². The van der Waals surface area contributed by atoms with E-state index in [2.05, 4.69) is 10.0 Å². The van der Waals surface area contributed by atoms with Gasteiger partial charge in [-0.3, -0.25) is 9.69 Å². The third-order valence-electron chi connectivity index (χ3n) is 3.07. The molecule has 2 rings (SSSR count). The Hall–Kier alpha value is -2.24. The minimum atomic E-state index is -0.568. The first kappa shape index (κ1) is 15.2. The number of nitrogens with zero attached hydrogens (tertiary/aromatic N) is 4. The Morgan fingerprint density at radius 1 is 1.48 bits per heavy atom. The molecule has 8 nitrogen and oxygen atoms in total. The van der Waals surface area contributed by atoms with E-state index in [1.54, 1.807) is 6.07 Å². The third-order valence-corrected chi connectivity index (χ3v) is 3.07. The number of nitriles is 1.